The van der Waals surface area contributed by atoms with Crippen molar-refractivity contribution in [2.24, 2.45) is 0 Å². The lowest BCUT2D eigenvalue weighted by atomic mass is 10.1. The summed E-state index contributed by atoms with van der Waals surface area (Å²) < 4.78 is 11.8. The topological polar surface area (TPSA) is 64.6 Å². The second-order valence-electron chi connectivity index (χ2n) is 7.37. The largest absolute Gasteiger partial charge is 0.494 e. The third-order valence-electron chi connectivity index (χ3n) is 4.61. The number of rotatable bonds is 13. The molecule has 0 heterocycles. The summed E-state index contributed by atoms with van der Waals surface area (Å²) in [6.07, 6.45) is 6.26. The number of ether oxygens (including phenoxy) is 2. The van der Waals surface area contributed by atoms with Crippen LogP contribution in [0.2, 0.25) is 0 Å². The zero-order chi connectivity index (χ0) is 22.5. The lowest BCUT2D eigenvalue weighted by Crippen LogP contribution is -2.11. The summed E-state index contributed by atoms with van der Waals surface area (Å²) in [6.45, 7) is 6.33. The second kappa shape index (κ2) is 13.7. The highest BCUT2D eigenvalue weighted by atomic mass is 79.9. The molecule has 2 rings (SSSR count). The zero-order valence-electron chi connectivity index (χ0n) is 18.0. The van der Waals surface area contributed by atoms with Crippen molar-refractivity contribution in [2.75, 3.05) is 18.5 Å². The fourth-order valence-corrected chi connectivity index (χ4v) is 3.09. The number of unbranched alkanes of at least 4 members (excludes halogenated alkanes) is 5. The van der Waals surface area contributed by atoms with Crippen molar-refractivity contribution in [3.05, 3.63) is 70.7 Å². The van der Waals surface area contributed by atoms with Gasteiger partial charge in [-0.3, -0.25) is 4.79 Å². The van der Waals surface area contributed by atoms with Crippen molar-refractivity contribution in [1.29, 1.82) is 0 Å². The van der Waals surface area contributed by atoms with Crippen LogP contribution in [-0.4, -0.2) is 25.1 Å². The Kier molecular flexibility index (Phi) is 10.9. The van der Waals surface area contributed by atoms with E-state index < -0.39 is 0 Å². The SMILES string of the molecule is C=C(C)C(=O)OCCCCCCCCOc1ccc(C(=O)Nc2ccc(Br)cc2)cc1. The Balaban J connectivity index is 1.55. The van der Waals surface area contributed by atoms with Gasteiger partial charge in [0.2, 0.25) is 0 Å². The van der Waals surface area contributed by atoms with E-state index in [1.807, 2.05) is 36.4 Å². The first-order chi connectivity index (χ1) is 15.0. The molecule has 0 atom stereocenters. The van der Waals surface area contributed by atoms with Crippen LogP contribution in [-0.2, 0) is 9.53 Å². The van der Waals surface area contributed by atoms with Crippen molar-refractivity contribution < 1.29 is 19.1 Å². The first-order valence-corrected chi connectivity index (χ1v) is 11.4. The molecule has 1 amide bonds. The van der Waals surface area contributed by atoms with Gasteiger partial charge in [0, 0.05) is 21.3 Å². The molecule has 0 aliphatic carbocycles. The maximum Gasteiger partial charge on any atom is 0.333 e. The van der Waals surface area contributed by atoms with E-state index in [0.29, 0.717) is 24.4 Å². The fourth-order valence-electron chi connectivity index (χ4n) is 2.83. The Bertz CT molecular complexity index is 847. The van der Waals surface area contributed by atoms with Crippen LogP contribution >= 0.6 is 15.9 Å². The number of anilines is 1. The third-order valence-corrected chi connectivity index (χ3v) is 5.14. The molecule has 1 N–H and O–H groups in total. The summed E-state index contributed by atoms with van der Waals surface area (Å²) in [5, 5.41) is 2.87. The predicted molar refractivity (Wildman–Crippen MR) is 128 cm³/mol. The average molecular weight is 488 g/mol. The van der Waals surface area contributed by atoms with Crippen LogP contribution in [0.3, 0.4) is 0 Å². The highest BCUT2D eigenvalue weighted by Crippen LogP contribution is 2.17. The number of hydrogen-bond acceptors (Lipinski definition) is 4. The highest BCUT2D eigenvalue weighted by molar-refractivity contribution is 9.10. The Morgan fingerprint density at radius 3 is 2.06 bits per heavy atom. The van der Waals surface area contributed by atoms with Crippen molar-refractivity contribution in [1.82, 2.24) is 0 Å². The molecule has 6 heteroatoms. The Morgan fingerprint density at radius 1 is 0.871 bits per heavy atom. The minimum Gasteiger partial charge on any atom is -0.494 e. The molecule has 31 heavy (non-hydrogen) atoms. The second-order valence-corrected chi connectivity index (χ2v) is 8.29. The molecule has 5 nitrogen and oxygen atoms in total. The van der Waals surface area contributed by atoms with Gasteiger partial charge in [0.25, 0.3) is 5.91 Å². The standard InChI is InChI=1S/C25H30BrNO4/c1-19(2)25(29)31-18-8-6-4-3-5-7-17-30-23-15-9-20(10-16-23)24(28)27-22-13-11-21(26)12-14-22/h9-16H,1,3-8,17-18H2,2H3,(H,27,28). The van der Waals surface area contributed by atoms with Gasteiger partial charge in [0.1, 0.15) is 5.75 Å². The molecular weight excluding hydrogens is 458 g/mol. The van der Waals surface area contributed by atoms with Crippen LogP contribution in [0.4, 0.5) is 5.69 Å². The summed E-state index contributed by atoms with van der Waals surface area (Å²) in [5.41, 5.74) is 1.78. The van der Waals surface area contributed by atoms with Crippen molar-refractivity contribution in [3.8, 4) is 5.75 Å². The van der Waals surface area contributed by atoms with E-state index in [4.69, 9.17) is 9.47 Å². The number of hydrogen-bond donors (Lipinski definition) is 1. The molecule has 0 unspecified atom stereocenters. The van der Waals surface area contributed by atoms with Gasteiger partial charge in [-0.2, -0.15) is 0 Å². The van der Waals surface area contributed by atoms with Crippen LogP contribution in [0.25, 0.3) is 0 Å². The molecule has 2 aromatic carbocycles. The molecule has 0 saturated carbocycles. The van der Waals surface area contributed by atoms with Crippen LogP contribution in [0.15, 0.2) is 65.2 Å². The van der Waals surface area contributed by atoms with Gasteiger partial charge in [-0.25, -0.2) is 4.79 Å². The Morgan fingerprint density at radius 2 is 1.45 bits per heavy atom. The molecule has 2 aromatic rings. The molecule has 0 aromatic heterocycles. The van der Waals surface area contributed by atoms with Gasteiger partial charge in [-0.15, -0.1) is 0 Å². The number of nitrogens with one attached hydrogen (secondary N) is 1. The van der Waals surface area contributed by atoms with Crippen molar-refractivity contribution in [3.63, 3.8) is 0 Å². The summed E-state index contributed by atoms with van der Waals surface area (Å²) in [5.74, 6) is 0.304. The number of esters is 1. The van der Waals surface area contributed by atoms with Crippen LogP contribution in [0.5, 0.6) is 5.75 Å². The Hall–Kier alpha value is -2.60. The molecule has 0 radical (unpaired) electrons. The van der Waals surface area contributed by atoms with Gasteiger partial charge in [-0.1, -0.05) is 48.2 Å². The van der Waals surface area contributed by atoms with E-state index in [0.717, 1.165) is 54.4 Å². The normalized spacial score (nSPS) is 10.4. The number of halogens is 1. The van der Waals surface area contributed by atoms with Gasteiger partial charge in [-0.05, 0) is 68.3 Å². The molecule has 166 valence electrons. The van der Waals surface area contributed by atoms with E-state index in [9.17, 15) is 9.59 Å². The van der Waals surface area contributed by atoms with Crippen LogP contribution < -0.4 is 10.1 Å². The molecule has 0 saturated heterocycles. The third kappa shape index (κ3) is 9.83. The predicted octanol–water partition coefficient (Wildman–Crippen LogP) is 6.54. The lowest BCUT2D eigenvalue weighted by molar-refractivity contribution is -0.139. The van der Waals surface area contributed by atoms with E-state index in [1.54, 1.807) is 19.1 Å². The van der Waals surface area contributed by atoms with Gasteiger partial charge in [0.15, 0.2) is 0 Å². The smallest absolute Gasteiger partial charge is 0.333 e. The number of carbonyl (C=O) groups excluding carboxylic acids is 2. The highest BCUT2D eigenvalue weighted by Gasteiger charge is 2.06. The van der Waals surface area contributed by atoms with Crippen LogP contribution in [0, 0.1) is 0 Å². The van der Waals surface area contributed by atoms with Gasteiger partial charge >= 0.3 is 5.97 Å². The fraction of sp³-hybridized carbons (Fsp3) is 0.360. The number of benzene rings is 2. The van der Waals surface area contributed by atoms with E-state index in [-0.39, 0.29) is 11.9 Å². The number of carbonyl (C=O) groups is 2. The molecular formula is C25H30BrNO4. The first kappa shape index (κ1) is 24.7. The first-order valence-electron chi connectivity index (χ1n) is 10.6. The monoisotopic (exact) mass is 487 g/mol. The zero-order valence-corrected chi connectivity index (χ0v) is 19.6. The molecule has 0 fully saturated rings. The van der Waals surface area contributed by atoms with Crippen molar-refractivity contribution >= 4 is 33.5 Å². The van der Waals surface area contributed by atoms with E-state index >= 15 is 0 Å². The average Bonchev–Trinajstić information content (AvgIpc) is 2.76. The quantitative estimate of drug-likeness (QED) is 0.198. The maximum atomic E-state index is 12.3. The maximum absolute atomic E-state index is 12.3. The molecule has 0 spiro atoms. The summed E-state index contributed by atoms with van der Waals surface area (Å²) in [4.78, 5) is 23.6. The van der Waals surface area contributed by atoms with E-state index in [2.05, 4.69) is 27.8 Å². The summed E-state index contributed by atoms with van der Waals surface area (Å²) in [7, 11) is 0. The molecule has 0 aliphatic heterocycles. The molecule has 0 bridgehead atoms. The minimum absolute atomic E-state index is 0.150. The van der Waals surface area contributed by atoms with Gasteiger partial charge < -0.3 is 14.8 Å². The summed E-state index contributed by atoms with van der Waals surface area (Å²) >= 11 is 3.38. The van der Waals surface area contributed by atoms with Crippen LogP contribution in [0.1, 0.15) is 55.8 Å². The van der Waals surface area contributed by atoms with Crippen molar-refractivity contribution in [2.45, 2.75) is 45.4 Å². The van der Waals surface area contributed by atoms with Gasteiger partial charge in [0.05, 0.1) is 13.2 Å². The summed E-state index contributed by atoms with van der Waals surface area (Å²) in [6, 6.07) is 14.6. The Labute approximate surface area is 193 Å². The minimum atomic E-state index is -0.310. The van der Waals surface area contributed by atoms with E-state index in [1.165, 1.54) is 0 Å². The lowest BCUT2D eigenvalue weighted by Gasteiger charge is -2.08. The molecule has 0 aliphatic rings. The number of amides is 1.